The minimum absolute atomic E-state index is 0. The number of likely N-dealkylation sites (tertiary alicyclic amines) is 1. The van der Waals surface area contributed by atoms with Crippen LogP contribution in [0.2, 0.25) is 10.0 Å². The average molecular weight is 352 g/mol. The number of aryl methyl sites for hydroxylation is 1. The second-order valence-electron chi connectivity index (χ2n) is 5.18. The van der Waals surface area contributed by atoms with Gasteiger partial charge in [0.2, 0.25) is 5.91 Å². The van der Waals surface area contributed by atoms with E-state index in [1.165, 1.54) is 0 Å². The van der Waals surface area contributed by atoms with Crippen molar-refractivity contribution in [2.75, 3.05) is 20.1 Å². The van der Waals surface area contributed by atoms with E-state index in [9.17, 15) is 4.79 Å². The van der Waals surface area contributed by atoms with E-state index in [1.807, 2.05) is 24.1 Å². The molecule has 1 fully saturated rings. The van der Waals surface area contributed by atoms with Crippen molar-refractivity contribution in [3.8, 4) is 0 Å². The van der Waals surface area contributed by atoms with E-state index in [-0.39, 0.29) is 18.3 Å². The standard InChI is InChI=1S/C15H20Cl2N2O.ClH/c1-18-13-6-8-19(9-7-13)15(20)5-3-11-2-4-12(16)10-14(11)17;/h2,4,10,13,18H,3,5-9H2,1H3;1H. The largest absolute Gasteiger partial charge is 0.343 e. The number of rotatable bonds is 4. The van der Waals surface area contributed by atoms with Crippen molar-refractivity contribution in [1.29, 1.82) is 0 Å². The van der Waals surface area contributed by atoms with Crippen LogP contribution < -0.4 is 5.32 Å². The molecule has 6 heteroatoms. The van der Waals surface area contributed by atoms with Crippen molar-refractivity contribution in [3.05, 3.63) is 33.8 Å². The van der Waals surface area contributed by atoms with Crippen molar-refractivity contribution in [1.82, 2.24) is 10.2 Å². The first-order valence-electron chi connectivity index (χ1n) is 6.99. The van der Waals surface area contributed by atoms with Crippen LogP contribution in [0.3, 0.4) is 0 Å². The van der Waals surface area contributed by atoms with Crippen molar-refractivity contribution >= 4 is 41.5 Å². The molecule has 0 aromatic heterocycles. The maximum atomic E-state index is 12.2. The zero-order valence-electron chi connectivity index (χ0n) is 12.1. The quantitative estimate of drug-likeness (QED) is 0.899. The molecule has 0 bridgehead atoms. The van der Waals surface area contributed by atoms with E-state index in [0.717, 1.165) is 31.5 Å². The third-order valence-corrected chi connectivity index (χ3v) is 4.47. The van der Waals surface area contributed by atoms with Crippen molar-refractivity contribution in [3.63, 3.8) is 0 Å². The molecule has 1 saturated heterocycles. The lowest BCUT2D eigenvalue weighted by molar-refractivity contribution is -0.132. The molecule has 1 amide bonds. The molecule has 21 heavy (non-hydrogen) atoms. The smallest absolute Gasteiger partial charge is 0.222 e. The van der Waals surface area contributed by atoms with Crippen LogP contribution in [0.4, 0.5) is 0 Å². The molecule has 0 spiro atoms. The predicted octanol–water partition coefficient (Wildman–Crippen LogP) is 3.56. The number of halogens is 3. The molecule has 118 valence electrons. The Morgan fingerprint density at radius 3 is 2.57 bits per heavy atom. The van der Waals surface area contributed by atoms with Gasteiger partial charge < -0.3 is 10.2 Å². The molecular formula is C15H21Cl3N2O. The van der Waals surface area contributed by atoms with Gasteiger partial charge >= 0.3 is 0 Å². The summed E-state index contributed by atoms with van der Waals surface area (Å²) >= 11 is 12.0. The van der Waals surface area contributed by atoms with E-state index in [4.69, 9.17) is 23.2 Å². The molecule has 2 rings (SSSR count). The van der Waals surface area contributed by atoms with E-state index >= 15 is 0 Å². The molecule has 1 aromatic carbocycles. The van der Waals surface area contributed by atoms with Crippen LogP contribution in [0.25, 0.3) is 0 Å². The highest BCUT2D eigenvalue weighted by molar-refractivity contribution is 6.35. The highest BCUT2D eigenvalue weighted by Gasteiger charge is 2.21. The van der Waals surface area contributed by atoms with Gasteiger partial charge in [-0.3, -0.25) is 4.79 Å². The molecule has 1 N–H and O–H groups in total. The summed E-state index contributed by atoms with van der Waals surface area (Å²) < 4.78 is 0. The first-order valence-corrected chi connectivity index (χ1v) is 7.74. The van der Waals surface area contributed by atoms with Crippen LogP contribution >= 0.6 is 35.6 Å². The molecule has 0 unspecified atom stereocenters. The van der Waals surface area contributed by atoms with E-state index < -0.39 is 0 Å². The summed E-state index contributed by atoms with van der Waals surface area (Å²) in [6.07, 6.45) is 3.24. The predicted molar refractivity (Wildman–Crippen MR) is 90.7 cm³/mol. The summed E-state index contributed by atoms with van der Waals surface area (Å²) in [5, 5.41) is 4.53. The number of carbonyl (C=O) groups is 1. The zero-order valence-corrected chi connectivity index (χ0v) is 14.4. The molecule has 0 saturated carbocycles. The lowest BCUT2D eigenvalue weighted by Crippen LogP contribution is -2.44. The number of nitrogens with one attached hydrogen (secondary N) is 1. The minimum Gasteiger partial charge on any atom is -0.343 e. The molecule has 0 atom stereocenters. The highest BCUT2D eigenvalue weighted by atomic mass is 35.5. The first kappa shape index (κ1) is 18.6. The third-order valence-electron chi connectivity index (χ3n) is 3.88. The maximum Gasteiger partial charge on any atom is 0.222 e. The normalized spacial score (nSPS) is 15.7. The van der Waals surface area contributed by atoms with E-state index in [2.05, 4.69) is 5.32 Å². The lowest BCUT2D eigenvalue weighted by atomic mass is 10.0. The van der Waals surface area contributed by atoms with E-state index in [0.29, 0.717) is 28.9 Å². The number of amides is 1. The van der Waals surface area contributed by atoms with Gasteiger partial charge in [-0.05, 0) is 44.0 Å². The number of carbonyl (C=O) groups excluding carboxylic acids is 1. The van der Waals surface area contributed by atoms with Gasteiger partial charge in [-0.2, -0.15) is 0 Å². The molecule has 1 heterocycles. The maximum absolute atomic E-state index is 12.2. The number of piperidine rings is 1. The van der Waals surface area contributed by atoms with Crippen LogP contribution in [0.15, 0.2) is 18.2 Å². The van der Waals surface area contributed by atoms with Crippen LogP contribution in [-0.4, -0.2) is 37.0 Å². The Bertz CT molecular complexity index is 474. The summed E-state index contributed by atoms with van der Waals surface area (Å²) in [7, 11) is 1.98. The van der Waals surface area contributed by atoms with Gasteiger partial charge in [0.15, 0.2) is 0 Å². The Morgan fingerprint density at radius 1 is 1.33 bits per heavy atom. The number of benzene rings is 1. The van der Waals surface area contributed by atoms with Crippen LogP contribution in [0.5, 0.6) is 0 Å². The fourth-order valence-corrected chi connectivity index (χ4v) is 3.04. The molecule has 3 nitrogen and oxygen atoms in total. The molecule has 1 aliphatic rings. The number of hydrogen-bond donors (Lipinski definition) is 1. The second-order valence-corrected chi connectivity index (χ2v) is 6.02. The van der Waals surface area contributed by atoms with Gasteiger partial charge in [0.1, 0.15) is 0 Å². The Morgan fingerprint density at radius 2 is 2.00 bits per heavy atom. The third kappa shape index (κ3) is 5.33. The summed E-state index contributed by atoms with van der Waals surface area (Å²) in [6, 6.07) is 5.97. The van der Waals surface area contributed by atoms with Gasteiger partial charge in [-0.1, -0.05) is 29.3 Å². The summed E-state index contributed by atoms with van der Waals surface area (Å²) in [6.45, 7) is 1.69. The van der Waals surface area contributed by atoms with Gasteiger partial charge in [0.05, 0.1) is 0 Å². The van der Waals surface area contributed by atoms with Crippen LogP contribution in [-0.2, 0) is 11.2 Å². The minimum atomic E-state index is 0. The molecular weight excluding hydrogens is 331 g/mol. The summed E-state index contributed by atoms with van der Waals surface area (Å²) in [5.74, 6) is 0.213. The number of nitrogens with zero attached hydrogens (tertiary/aromatic N) is 1. The van der Waals surface area contributed by atoms with Gasteiger partial charge in [0, 0.05) is 35.6 Å². The van der Waals surface area contributed by atoms with Crippen molar-refractivity contribution in [2.45, 2.75) is 31.7 Å². The monoisotopic (exact) mass is 350 g/mol. The molecule has 1 aliphatic heterocycles. The average Bonchev–Trinajstić information content (AvgIpc) is 2.46. The Balaban J connectivity index is 0.00000220. The van der Waals surface area contributed by atoms with E-state index in [1.54, 1.807) is 6.07 Å². The van der Waals surface area contributed by atoms with Crippen molar-refractivity contribution < 1.29 is 4.79 Å². The van der Waals surface area contributed by atoms with Gasteiger partial charge in [0.25, 0.3) is 0 Å². The molecule has 0 aliphatic carbocycles. The summed E-state index contributed by atoms with van der Waals surface area (Å²) in [5.41, 5.74) is 0.981. The van der Waals surface area contributed by atoms with Crippen LogP contribution in [0.1, 0.15) is 24.8 Å². The van der Waals surface area contributed by atoms with Gasteiger partial charge in [-0.25, -0.2) is 0 Å². The highest BCUT2D eigenvalue weighted by Crippen LogP contribution is 2.22. The topological polar surface area (TPSA) is 32.3 Å². The number of hydrogen-bond acceptors (Lipinski definition) is 2. The SMILES string of the molecule is CNC1CCN(C(=O)CCc2ccc(Cl)cc2Cl)CC1.Cl. The second kappa shape index (κ2) is 8.84. The fraction of sp³-hybridized carbons (Fsp3) is 0.533. The summed E-state index contributed by atoms with van der Waals surface area (Å²) in [4.78, 5) is 14.1. The zero-order chi connectivity index (χ0) is 14.5. The molecule has 1 aromatic rings. The Hall–Kier alpha value is -0.480. The Kier molecular flexibility index (Phi) is 7.82. The van der Waals surface area contributed by atoms with Crippen molar-refractivity contribution in [2.24, 2.45) is 0 Å². The van der Waals surface area contributed by atoms with Gasteiger partial charge in [-0.15, -0.1) is 12.4 Å². The van der Waals surface area contributed by atoms with Crippen LogP contribution in [0, 0.1) is 0 Å². The molecule has 0 radical (unpaired) electrons. The Labute approximate surface area is 142 Å². The first-order chi connectivity index (χ1) is 9.60. The lowest BCUT2D eigenvalue weighted by Gasteiger charge is -2.31. The fourth-order valence-electron chi connectivity index (χ4n) is 2.54.